The van der Waals surface area contributed by atoms with Crippen LogP contribution in [0.5, 0.6) is 0 Å². The number of benzene rings is 3. The number of carbonyl (C=O) groups is 1. The maximum Gasteiger partial charge on any atom is 0.328 e. The minimum Gasteiger partial charge on any atom is -0.478 e. The maximum atomic E-state index is 13.8. The molecule has 1 atom stereocenters. The number of aliphatic carboxylic acids is 1. The highest BCUT2D eigenvalue weighted by Crippen LogP contribution is 2.25. The van der Waals surface area contributed by atoms with Crippen molar-refractivity contribution < 1.29 is 27.8 Å². The van der Waals surface area contributed by atoms with E-state index in [1.165, 1.54) is 31.3 Å². The van der Waals surface area contributed by atoms with Crippen LogP contribution in [0.2, 0.25) is 5.02 Å². The van der Waals surface area contributed by atoms with Crippen LogP contribution in [0.4, 0.5) is 4.39 Å². The number of β-amino-alcohol motifs (C(OH)–C–C–N with tert-alkyl or cyclic N) is 1. The lowest BCUT2D eigenvalue weighted by molar-refractivity contribution is -0.131. The van der Waals surface area contributed by atoms with Gasteiger partial charge in [-0.1, -0.05) is 48.0 Å². The van der Waals surface area contributed by atoms with Crippen molar-refractivity contribution in [3.05, 3.63) is 94.8 Å². The van der Waals surface area contributed by atoms with Crippen molar-refractivity contribution in [1.29, 1.82) is 0 Å². The van der Waals surface area contributed by atoms with Crippen LogP contribution >= 0.6 is 11.6 Å². The number of aliphatic hydroxyl groups is 1. The molecule has 0 aromatic heterocycles. The van der Waals surface area contributed by atoms with Gasteiger partial charge in [-0.25, -0.2) is 17.6 Å². The molecule has 0 unspecified atom stereocenters. The van der Waals surface area contributed by atoms with Crippen molar-refractivity contribution in [1.82, 2.24) is 9.62 Å². The van der Waals surface area contributed by atoms with E-state index in [9.17, 15) is 22.7 Å². The molecule has 7 nitrogen and oxygen atoms in total. The number of hydrogen-bond donors (Lipinski definition) is 3. The number of carboxylic acids is 1. The number of halogens is 2. The summed E-state index contributed by atoms with van der Waals surface area (Å²) in [7, 11) is -2.50. The number of nitrogens with zero attached hydrogens (tertiary/aromatic N) is 1. The SMILES string of the molecule is CN(C[C@H](O)CNC(C)(C)Cc1ccc(Cl)c(F)c1)S(=O)(=O)c1cccc(-c2cccc(/C=C/C(=O)O)c2)c1. The molecule has 3 aromatic carbocycles. The van der Waals surface area contributed by atoms with Crippen molar-refractivity contribution in [3.63, 3.8) is 0 Å². The van der Waals surface area contributed by atoms with Crippen LogP contribution in [0.3, 0.4) is 0 Å². The second-order valence-corrected chi connectivity index (χ2v) is 12.4. The Kier molecular flexibility index (Phi) is 10.0. The van der Waals surface area contributed by atoms with Gasteiger partial charge in [-0.3, -0.25) is 0 Å². The third kappa shape index (κ3) is 8.71. The van der Waals surface area contributed by atoms with Crippen LogP contribution in [-0.2, 0) is 21.2 Å². The topological polar surface area (TPSA) is 107 Å². The predicted octanol–water partition coefficient (Wildman–Crippen LogP) is 4.84. The number of nitrogens with one attached hydrogen (secondary N) is 1. The Morgan fingerprint density at radius 3 is 2.44 bits per heavy atom. The van der Waals surface area contributed by atoms with Gasteiger partial charge in [-0.15, -0.1) is 0 Å². The summed E-state index contributed by atoms with van der Waals surface area (Å²) in [5.41, 5.74) is 2.29. The van der Waals surface area contributed by atoms with Crippen molar-refractivity contribution in [2.45, 2.75) is 36.8 Å². The van der Waals surface area contributed by atoms with Crippen LogP contribution < -0.4 is 5.32 Å². The van der Waals surface area contributed by atoms with Crippen molar-refractivity contribution in [2.24, 2.45) is 0 Å². The zero-order chi connectivity index (χ0) is 28.8. The average Bonchev–Trinajstić information content (AvgIpc) is 2.88. The molecule has 0 aliphatic rings. The second-order valence-electron chi connectivity index (χ2n) is 9.95. The highest BCUT2D eigenvalue weighted by Gasteiger charge is 2.25. The molecule has 208 valence electrons. The van der Waals surface area contributed by atoms with Gasteiger partial charge < -0.3 is 15.5 Å². The van der Waals surface area contributed by atoms with Crippen molar-refractivity contribution in [3.8, 4) is 11.1 Å². The lowest BCUT2D eigenvalue weighted by Gasteiger charge is -2.29. The van der Waals surface area contributed by atoms with Gasteiger partial charge in [0.2, 0.25) is 10.0 Å². The van der Waals surface area contributed by atoms with E-state index in [0.29, 0.717) is 17.5 Å². The average molecular weight is 575 g/mol. The van der Waals surface area contributed by atoms with Crippen LogP contribution in [-0.4, -0.2) is 60.7 Å². The first-order valence-corrected chi connectivity index (χ1v) is 14.0. The number of aliphatic hydroxyl groups excluding tert-OH is 1. The van der Waals surface area contributed by atoms with Crippen LogP contribution in [0.1, 0.15) is 25.0 Å². The standard InChI is InChI=1S/C29H32ClFN2O5S/c1-29(2,17-21-10-12-26(30)27(31)15-21)32-18-24(34)19-33(3)39(37,38)25-9-5-8-23(16-25)22-7-4-6-20(14-22)11-13-28(35)36/h4-16,24,32,34H,17-19H2,1-3H3,(H,35,36)/b13-11+/t24-/m1/s1. The normalized spacial score (nSPS) is 13.2. The summed E-state index contributed by atoms with van der Waals surface area (Å²) in [5, 5.41) is 22.7. The van der Waals surface area contributed by atoms with E-state index in [-0.39, 0.29) is 23.0 Å². The van der Waals surface area contributed by atoms with Gasteiger partial charge in [0, 0.05) is 31.8 Å². The quantitative estimate of drug-likeness (QED) is 0.267. The summed E-state index contributed by atoms with van der Waals surface area (Å²) in [5.74, 6) is -1.56. The van der Waals surface area contributed by atoms with Gasteiger partial charge in [-0.2, -0.15) is 4.31 Å². The Morgan fingerprint density at radius 2 is 1.77 bits per heavy atom. The fourth-order valence-corrected chi connectivity index (χ4v) is 5.45. The van der Waals surface area contributed by atoms with E-state index in [1.807, 2.05) is 19.9 Å². The van der Waals surface area contributed by atoms with E-state index in [4.69, 9.17) is 16.7 Å². The summed E-state index contributed by atoms with van der Waals surface area (Å²) in [4.78, 5) is 10.9. The molecule has 3 rings (SSSR count). The molecule has 0 fully saturated rings. The molecular weight excluding hydrogens is 543 g/mol. The van der Waals surface area contributed by atoms with Gasteiger partial charge in [0.05, 0.1) is 16.0 Å². The molecule has 3 N–H and O–H groups in total. The third-order valence-corrected chi connectivity index (χ3v) is 8.22. The molecule has 10 heteroatoms. The molecule has 0 aliphatic carbocycles. The molecular formula is C29H32ClFN2O5S. The van der Waals surface area contributed by atoms with Gasteiger partial charge in [0.25, 0.3) is 0 Å². The second kappa shape index (κ2) is 12.8. The van der Waals surface area contributed by atoms with E-state index in [2.05, 4.69) is 5.32 Å². The third-order valence-electron chi connectivity index (χ3n) is 6.09. The zero-order valence-electron chi connectivity index (χ0n) is 21.9. The fourth-order valence-electron chi connectivity index (χ4n) is 4.08. The zero-order valence-corrected chi connectivity index (χ0v) is 23.5. The van der Waals surface area contributed by atoms with Crippen LogP contribution in [0.25, 0.3) is 17.2 Å². The summed E-state index contributed by atoms with van der Waals surface area (Å²) in [6, 6.07) is 18.1. The molecule has 0 saturated heterocycles. The number of likely N-dealkylation sites (N-methyl/N-ethyl adjacent to an activating group) is 1. The lowest BCUT2D eigenvalue weighted by Crippen LogP contribution is -2.47. The Bertz CT molecular complexity index is 1460. The fraction of sp³-hybridized carbons (Fsp3) is 0.276. The van der Waals surface area contributed by atoms with E-state index >= 15 is 0 Å². The smallest absolute Gasteiger partial charge is 0.328 e. The molecule has 0 aliphatic heterocycles. The Hall–Kier alpha value is -3.08. The monoisotopic (exact) mass is 574 g/mol. The van der Waals surface area contributed by atoms with E-state index in [0.717, 1.165) is 21.5 Å². The first kappa shape index (κ1) is 30.5. The van der Waals surface area contributed by atoms with Gasteiger partial charge in [0.15, 0.2) is 0 Å². The number of sulfonamides is 1. The van der Waals surface area contributed by atoms with Gasteiger partial charge in [-0.05, 0) is 78.9 Å². The summed E-state index contributed by atoms with van der Waals surface area (Å²) in [6.07, 6.45) is 1.98. The Morgan fingerprint density at radius 1 is 1.10 bits per heavy atom. The molecule has 0 heterocycles. The highest BCUT2D eigenvalue weighted by molar-refractivity contribution is 7.89. The predicted molar refractivity (Wildman–Crippen MR) is 152 cm³/mol. The molecule has 39 heavy (non-hydrogen) atoms. The minimum absolute atomic E-state index is 0.0520. The number of hydrogen-bond acceptors (Lipinski definition) is 5. The molecule has 0 bridgehead atoms. The van der Waals surface area contributed by atoms with Crippen molar-refractivity contribution >= 4 is 33.7 Å². The van der Waals surface area contributed by atoms with E-state index < -0.39 is 33.5 Å². The summed E-state index contributed by atoms with van der Waals surface area (Å²) < 4.78 is 41.4. The van der Waals surface area contributed by atoms with E-state index in [1.54, 1.807) is 42.5 Å². The summed E-state index contributed by atoms with van der Waals surface area (Å²) >= 11 is 5.75. The first-order chi connectivity index (χ1) is 18.3. The van der Waals surface area contributed by atoms with Gasteiger partial charge in [0.1, 0.15) is 5.82 Å². The Balaban J connectivity index is 1.65. The lowest BCUT2D eigenvalue weighted by atomic mass is 9.94. The molecule has 0 spiro atoms. The number of carboxylic acid groups (broad SMARTS) is 1. The van der Waals surface area contributed by atoms with Crippen molar-refractivity contribution in [2.75, 3.05) is 20.1 Å². The molecule has 0 saturated carbocycles. The van der Waals surface area contributed by atoms with Crippen LogP contribution in [0, 0.1) is 5.82 Å². The minimum atomic E-state index is -3.91. The largest absolute Gasteiger partial charge is 0.478 e. The summed E-state index contributed by atoms with van der Waals surface area (Å²) in [6.45, 7) is 3.80. The molecule has 3 aromatic rings. The Labute approximate surface area is 233 Å². The van der Waals surface area contributed by atoms with Crippen LogP contribution in [0.15, 0.2) is 77.7 Å². The maximum absolute atomic E-state index is 13.8. The van der Waals surface area contributed by atoms with Gasteiger partial charge >= 0.3 is 5.97 Å². The first-order valence-electron chi connectivity index (χ1n) is 12.2. The highest BCUT2D eigenvalue weighted by atomic mass is 35.5. The number of rotatable bonds is 12. The molecule has 0 radical (unpaired) electrons. The molecule has 0 amide bonds.